The highest BCUT2D eigenvalue weighted by molar-refractivity contribution is 4.44. The Morgan fingerprint density at radius 1 is 1.62 bits per heavy atom. The third kappa shape index (κ3) is 5.88. The molecule has 1 unspecified atom stereocenters. The summed E-state index contributed by atoms with van der Waals surface area (Å²) < 4.78 is 0. The highest BCUT2D eigenvalue weighted by Gasteiger charge is 1.93. The van der Waals surface area contributed by atoms with Gasteiger partial charge in [0.15, 0.2) is 0 Å². The van der Waals surface area contributed by atoms with E-state index in [9.17, 15) is 0 Å². The zero-order valence-corrected chi connectivity index (χ0v) is 5.00. The molecular formula is C5H12O3. The first-order chi connectivity index (χ1) is 3.77. The molecule has 0 saturated carbocycles. The van der Waals surface area contributed by atoms with Crippen LogP contribution in [0.2, 0.25) is 0 Å². The van der Waals surface area contributed by atoms with Crippen molar-refractivity contribution in [3.8, 4) is 0 Å². The number of hydrogen-bond acceptors (Lipinski definition) is 3. The molecule has 0 bridgehead atoms. The second kappa shape index (κ2) is 5.03. The lowest BCUT2D eigenvalue weighted by Gasteiger charge is -1.99. The Bertz CT molecular complexity index is 44.9. The number of rotatable bonds is 4. The Hall–Kier alpha value is -0.120. The van der Waals surface area contributed by atoms with Crippen molar-refractivity contribution in [3.05, 3.63) is 0 Å². The molecule has 0 aliphatic heterocycles. The van der Waals surface area contributed by atoms with E-state index >= 15 is 0 Å². The molecule has 0 heterocycles. The highest BCUT2D eigenvalue weighted by Crippen LogP contribution is 1.93. The summed E-state index contributed by atoms with van der Waals surface area (Å²) in [6, 6.07) is 0. The summed E-state index contributed by atoms with van der Waals surface area (Å²) in [5, 5.41) is 16.4. The van der Waals surface area contributed by atoms with Gasteiger partial charge in [-0.3, -0.25) is 5.26 Å². The van der Waals surface area contributed by atoms with Gasteiger partial charge in [-0.2, -0.15) is 0 Å². The first-order valence-corrected chi connectivity index (χ1v) is 2.72. The lowest BCUT2D eigenvalue weighted by atomic mass is 10.2. The molecule has 50 valence electrons. The molecule has 0 radical (unpaired) electrons. The van der Waals surface area contributed by atoms with E-state index in [1.807, 2.05) is 0 Å². The number of aliphatic hydroxyl groups is 1. The van der Waals surface area contributed by atoms with Crippen LogP contribution < -0.4 is 0 Å². The quantitative estimate of drug-likeness (QED) is 0.325. The van der Waals surface area contributed by atoms with Crippen molar-refractivity contribution in [2.45, 2.75) is 25.9 Å². The molecule has 0 amide bonds. The minimum Gasteiger partial charge on any atom is -0.393 e. The minimum absolute atomic E-state index is 0.287. The Morgan fingerprint density at radius 3 is 2.62 bits per heavy atom. The summed E-state index contributed by atoms with van der Waals surface area (Å²) in [7, 11) is 0. The molecule has 2 N–H and O–H groups in total. The summed E-state index contributed by atoms with van der Waals surface area (Å²) in [4.78, 5) is 3.78. The molecule has 0 saturated heterocycles. The Morgan fingerprint density at radius 2 is 2.25 bits per heavy atom. The molecule has 0 aromatic heterocycles. The molecule has 0 aromatic carbocycles. The van der Waals surface area contributed by atoms with Crippen LogP contribution in [0.3, 0.4) is 0 Å². The van der Waals surface area contributed by atoms with E-state index in [1.165, 1.54) is 0 Å². The number of aliphatic hydroxyl groups excluding tert-OH is 1. The fourth-order valence-corrected chi connectivity index (χ4v) is 0.443. The van der Waals surface area contributed by atoms with Crippen LogP contribution >= 0.6 is 0 Å². The van der Waals surface area contributed by atoms with Gasteiger partial charge in [-0.1, -0.05) is 0 Å². The summed E-state index contributed by atoms with van der Waals surface area (Å²) in [6.07, 6.45) is 1.10. The van der Waals surface area contributed by atoms with Gasteiger partial charge in [0.25, 0.3) is 0 Å². The van der Waals surface area contributed by atoms with Crippen LogP contribution in [0.5, 0.6) is 0 Å². The summed E-state index contributed by atoms with van der Waals surface area (Å²) in [5.41, 5.74) is 0. The van der Waals surface area contributed by atoms with Crippen molar-refractivity contribution in [2.24, 2.45) is 0 Å². The molecule has 1 atom stereocenters. The van der Waals surface area contributed by atoms with Gasteiger partial charge in [0.05, 0.1) is 12.7 Å². The molecule has 0 fully saturated rings. The van der Waals surface area contributed by atoms with Gasteiger partial charge >= 0.3 is 0 Å². The van der Waals surface area contributed by atoms with Gasteiger partial charge in [-0.05, 0) is 19.8 Å². The van der Waals surface area contributed by atoms with Gasteiger partial charge in [0.1, 0.15) is 0 Å². The predicted molar refractivity (Wildman–Crippen MR) is 29.5 cm³/mol. The molecule has 0 aliphatic rings. The maximum absolute atomic E-state index is 8.64. The monoisotopic (exact) mass is 120 g/mol. The predicted octanol–water partition coefficient (Wildman–Crippen LogP) is 0.637. The van der Waals surface area contributed by atoms with Crippen LogP contribution in [0.1, 0.15) is 19.8 Å². The maximum atomic E-state index is 8.64. The molecule has 0 spiro atoms. The molecule has 8 heavy (non-hydrogen) atoms. The lowest BCUT2D eigenvalue weighted by molar-refractivity contribution is -0.243. The van der Waals surface area contributed by atoms with Crippen molar-refractivity contribution in [2.75, 3.05) is 6.61 Å². The van der Waals surface area contributed by atoms with Crippen molar-refractivity contribution in [1.29, 1.82) is 0 Å². The Balaban J connectivity index is 2.72. The van der Waals surface area contributed by atoms with E-state index in [4.69, 9.17) is 10.4 Å². The van der Waals surface area contributed by atoms with Crippen LogP contribution in [-0.2, 0) is 4.89 Å². The second-order valence-corrected chi connectivity index (χ2v) is 1.82. The maximum Gasteiger partial charge on any atom is 0.0820 e. The van der Waals surface area contributed by atoms with E-state index in [0.29, 0.717) is 19.4 Å². The van der Waals surface area contributed by atoms with Gasteiger partial charge in [0.2, 0.25) is 0 Å². The molecule has 3 heteroatoms. The normalized spacial score (nSPS) is 13.9. The topological polar surface area (TPSA) is 49.7 Å². The smallest absolute Gasteiger partial charge is 0.0820 e. The van der Waals surface area contributed by atoms with Gasteiger partial charge in [0, 0.05) is 0 Å². The Kier molecular flexibility index (Phi) is 4.95. The average molecular weight is 120 g/mol. The SMILES string of the molecule is CC(O)CCCOO. The van der Waals surface area contributed by atoms with Crippen LogP contribution in [-0.4, -0.2) is 23.1 Å². The first kappa shape index (κ1) is 7.88. The molecule has 0 rings (SSSR count). The highest BCUT2D eigenvalue weighted by atomic mass is 17.1. The van der Waals surface area contributed by atoms with E-state index in [0.717, 1.165) is 0 Å². The van der Waals surface area contributed by atoms with Crippen molar-refractivity contribution in [1.82, 2.24) is 0 Å². The molecule has 0 aliphatic carbocycles. The Labute approximate surface area is 48.8 Å². The molecule has 0 aromatic rings. The van der Waals surface area contributed by atoms with E-state index in [1.54, 1.807) is 6.92 Å². The zero-order chi connectivity index (χ0) is 6.41. The van der Waals surface area contributed by atoms with E-state index < -0.39 is 0 Å². The third-order valence-electron chi connectivity index (χ3n) is 0.858. The largest absolute Gasteiger partial charge is 0.393 e. The van der Waals surface area contributed by atoms with E-state index in [-0.39, 0.29) is 6.10 Å². The molecule has 3 nitrogen and oxygen atoms in total. The molecular weight excluding hydrogens is 108 g/mol. The zero-order valence-electron chi connectivity index (χ0n) is 5.00. The standard InChI is InChI=1S/C5H12O3/c1-5(6)3-2-4-8-7/h5-7H,2-4H2,1H3. The van der Waals surface area contributed by atoms with Gasteiger partial charge < -0.3 is 5.11 Å². The van der Waals surface area contributed by atoms with Crippen molar-refractivity contribution >= 4 is 0 Å². The average Bonchev–Trinajstić information content (AvgIpc) is 1.66. The second-order valence-electron chi connectivity index (χ2n) is 1.82. The van der Waals surface area contributed by atoms with Crippen LogP contribution in [0.25, 0.3) is 0 Å². The third-order valence-corrected chi connectivity index (χ3v) is 0.858. The van der Waals surface area contributed by atoms with E-state index in [2.05, 4.69) is 4.89 Å². The fraction of sp³-hybridized carbons (Fsp3) is 1.00. The first-order valence-electron chi connectivity index (χ1n) is 2.72. The number of hydrogen-bond donors (Lipinski definition) is 2. The van der Waals surface area contributed by atoms with Gasteiger partial charge in [-0.25, -0.2) is 4.89 Å². The summed E-state index contributed by atoms with van der Waals surface area (Å²) in [6.45, 7) is 2.02. The summed E-state index contributed by atoms with van der Waals surface area (Å²) in [5.74, 6) is 0. The fourth-order valence-electron chi connectivity index (χ4n) is 0.443. The van der Waals surface area contributed by atoms with Crippen LogP contribution in [0.15, 0.2) is 0 Å². The van der Waals surface area contributed by atoms with Crippen LogP contribution in [0.4, 0.5) is 0 Å². The minimum atomic E-state index is -0.287. The van der Waals surface area contributed by atoms with Crippen LogP contribution in [0, 0.1) is 0 Å². The van der Waals surface area contributed by atoms with Crippen molar-refractivity contribution < 1.29 is 15.3 Å². The van der Waals surface area contributed by atoms with Gasteiger partial charge in [-0.15, -0.1) is 0 Å². The summed E-state index contributed by atoms with van der Waals surface area (Å²) >= 11 is 0. The van der Waals surface area contributed by atoms with Crippen molar-refractivity contribution in [3.63, 3.8) is 0 Å². The lowest BCUT2D eigenvalue weighted by Crippen LogP contribution is -2.01.